The predicted octanol–water partition coefficient (Wildman–Crippen LogP) is 3.61. The molecule has 0 fully saturated rings. The highest BCUT2D eigenvalue weighted by Crippen LogP contribution is 2.24. The maximum absolute atomic E-state index is 11.9. The Morgan fingerprint density at radius 2 is 2.05 bits per heavy atom. The summed E-state index contributed by atoms with van der Waals surface area (Å²) < 4.78 is 1.05. The number of halogens is 1. The van der Waals surface area contributed by atoms with E-state index in [1.165, 1.54) is 16.9 Å². The number of hydrogen-bond acceptors (Lipinski definition) is 3. The number of aromatic nitrogens is 1. The molecule has 1 amide bonds. The van der Waals surface area contributed by atoms with Crippen LogP contribution in [0.25, 0.3) is 0 Å². The number of carbonyl (C=O) groups excluding carboxylic acids is 1. The van der Waals surface area contributed by atoms with Crippen molar-refractivity contribution in [3.05, 3.63) is 50.9 Å². The summed E-state index contributed by atoms with van der Waals surface area (Å²) in [6, 6.07) is 8.16. The highest BCUT2D eigenvalue weighted by Gasteiger charge is 2.22. The van der Waals surface area contributed by atoms with Crippen molar-refractivity contribution in [2.75, 3.05) is 6.54 Å². The maximum Gasteiger partial charge on any atom is 0.270 e. The molecule has 2 aromatic rings. The smallest absolute Gasteiger partial charge is 0.270 e. The normalized spacial score (nSPS) is 11.3. The number of thiazole rings is 1. The van der Waals surface area contributed by atoms with Crippen molar-refractivity contribution < 1.29 is 4.79 Å². The van der Waals surface area contributed by atoms with E-state index in [0.29, 0.717) is 12.2 Å². The fraction of sp³-hybridized carbons (Fsp3) is 0.286. The van der Waals surface area contributed by atoms with Crippen LogP contribution in [0.15, 0.2) is 39.6 Å². The van der Waals surface area contributed by atoms with Crippen LogP contribution in [0, 0.1) is 0 Å². The van der Waals surface area contributed by atoms with Gasteiger partial charge in [0, 0.05) is 21.8 Å². The van der Waals surface area contributed by atoms with Gasteiger partial charge in [-0.1, -0.05) is 41.9 Å². The summed E-state index contributed by atoms with van der Waals surface area (Å²) in [5.41, 5.74) is 3.21. The molecule has 0 aliphatic rings. The first-order chi connectivity index (χ1) is 8.99. The first-order valence-corrected chi connectivity index (χ1v) is 7.65. The van der Waals surface area contributed by atoms with Crippen LogP contribution in [0.2, 0.25) is 0 Å². The number of rotatable bonds is 4. The molecular weight excluding hydrogens is 324 g/mol. The van der Waals surface area contributed by atoms with E-state index in [9.17, 15) is 4.79 Å². The standard InChI is InChI=1S/C14H15BrN2OS/c1-14(2,10-3-5-11(15)6-4-10)8-16-13(18)12-7-19-9-17-12/h3-7,9H,8H2,1-2H3,(H,16,18). The molecule has 1 N–H and O–H groups in total. The van der Waals surface area contributed by atoms with Gasteiger partial charge in [0.1, 0.15) is 5.69 Å². The largest absolute Gasteiger partial charge is 0.350 e. The van der Waals surface area contributed by atoms with E-state index < -0.39 is 0 Å². The van der Waals surface area contributed by atoms with Gasteiger partial charge in [0.15, 0.2) is 0 Å². The minimum Gasteiger partial charge on any atom is -0.350 e. The third-order valence-corrected chi connectivity index (χ3v) is 4.10. The van der Waals surface area contributed by atoms with Gasteiger partial charge in [-0.15, -0.1) is 11.3 Å². The summed E-state index contributed by atoms with van der Waals surface area (Å²) >= 11 is 4.85. The van der Waals surface area contributed by atoms with Crippen molar-refractivity contribution in [1.29, 1.82) is 0 Å². The number of hydrogen-bond donors (Lipinski definition) is 1. The highest BCUT2D eigenvalue weighted by atomic mass is 79.9. The quantitative estimate of drug-likeness (QED) is 0.925. The molecule has 1 heterocycles. The minimum absolute atomic E-state index is 0.119. The van der Waals surface area contributed by atoms with Crippen LogP contribution in [0.4, 0.5) is 0 Å². The molecule has 0 saturated heterocycles. The molecule has 0 spiro atoms. The summed E-state index contributed by atoms with van der Waals surface area (Å²) in [5.74, 6) is -0.119. The lowest BCUT2D eigenvalue weighted by Gasteiger charge is -2.25. The lowest BCUT2D eigenvalue weighted by molar-refractivity contribution is 0.0941. The summed E-state index contributed by atoms with van der Waals surface area (Å²) in [7, 11) is 0. The topological polar surface area (TPSA) is 42.0 Å². The summed E-state index contributed by atoms with van der Waals surface area (Å²) in [5, 5.41) is 4.68. The monoisotopic (exact) mass is 338 g/mol. The number of nitrogens with zero attached hydrogens (tertiary/aromatic N) is 1. The fourth-order valence-electron chi connectivity index (χ4n) is 1.72. The predicted molar refractivity (Wildman–Crippen MR) is 81.6 cm³/mol. The second-order valence-electron chi connectivity index (χ2n) is 4.95. The van der Waals surface area contributed by atoms with Crippen LogP contribution >= 0.6 is 27.3 Å². The van der Waals surface area contributed by atoms with E-state index in [0.717, 1.165) is 4.47 Å². The highest BCUT2D eigenvalue weighted by molar-refractivity contribution is 9.10. The lowest BCUT2D eigenvalue weighted by Crippen LogP contribution is -2.36. The van der Waals surface area contributed by atoms with Gasteiger partial charge in [0.2, 0.25) is 0 Å². The molecule has 2 rings (SSSR count). The van der Waals surface area contributed by atoms with E-state index in [4.69, 9.17) is 0 Å². The Morgan fingerprint density at radius 1 is 1.37 bits per heavy atom. The van der Waals surface area contributed by atoms with Gasteiger partial charge in [0.25, 0.3) is 5.91 Å². The molecular formula is C14H15BrN2OS. The van der Waals surface area contributed by atoms with Crippen LogP contribution in [0.3, 0.4) is 0 Å². The third kappa shape index (κ3) is 3.64. The first kappa shape index (κ1) is 14.2. The molecule has 0 unspecified atom stereocenters. The van der Waals surface area contributed by atoms with Crippen molar-refractivity contribution in [3.8, 4) is 0 Å². The van der Waals surface area contributed by atoms with Crippen molar-refractivity contribution in [3.63, 3.8) is 0 Å². The van der Waals surface area contributed by atoms with Crippen molar-refractivity contribution in [1.82, 2.24) is 10.3 Å². The van der Waals surface area contributed by atoms with Crippen LogP contribution in [-0.4, -0.2) is 17.4 Å². The van der Waals surface area contributed by atoms with Crippen LogP contribution in [0.5, 0.6) is 0 Å². The molecule has 0 bridgehead atoms. The Morgan fingerprint density at radius 3 is 2.63 bits per heavy atom. The molecule has 0 saturated carbocycles. The zero-order valence-electron chi connectivity index (χ0n) is 10.8. The molecule has 1 aromatic heterocycles. The van der Waals surface area contributed by atoms with Crippen molar-refractivity contribution in [2.24, 2.45) is 0 Å². The fourth-order valence-corrected chi connectivity index (χ4v) is 2.52. The van der Waals surface area contributed by atoms with Gasteiger partial charge in [-0.05, 0) is 17.7 Å². The molecule has 0 atom stereocenters. The molecule has 5 heteroatoms. The van der Waals surface area contributed by atoms with E-state index in [1.54, 1.807) is 10.9 Å². The van der Waals surface area contributed by atoms with Gasteiger partial charge < -0.3 is 5.32 Å². The van der Waals surface area contributed by atoms with Gasteiger partial charge in [-0.2, -0.15) is 0 Å². The average Bonchev–Trinajstić information content (AvgIpc) is 2.90. The van der Waals surface area contributed by atoms with E-state index in [2.05, 4.69) is 52.2 Å². The number of benzene rings is 1. The molecule has 0 aliphatic heterocycles. The first-order valence-electron chi connectivity index (χ1n) is 5.91. The van der Waals surface area contributed by atoms with E-state index in [-0.39, 0.29) is 11.3 Å². The van der Waals surface area contributed by atoms with Crippen LogP contribution < -0.4 is 5.32 Å². The lowest BCUT2D eigenvalue weighted by atomic mass is 9.84. The minimum atomic E-state index is -0.119. The average molecular weight is 339 g/mol. The van der Waals surface area contributed by atoms with Crippen LogP contribution in [-0.2, 0) is 5.41 Å². The van der Waals surface area contributed by atoms with E-state index >= 15 is 0 Å². The Bertz CT molecular complexity index is 549. The zero-order valence-corrected chi connectivity index (χ0v) is 13.2. The molecule has 1 aromatic carbocycles. The van der Waals surface area contributed by atoms with Gasteiger partial charge in [-0.25, -0.2) is 4.98 Å². The van der Waals surface area contributed by atoms with E-state index in [1.807, 2.05) is 12.1 Å². The molecule has 3 nitrogen and oxygen atoms in total. The van der Waals surface area contributed by atoms with Gasteiger partial charge >= 0.3 is 0 Å². The van der Waals surface area contributed by atoms with Gasteiger partial charge in [-0.3, -0.25) is 4.79 Å². The number of nitrogens with one attached hydrogen (secondary N) is 1. The SMILES string of the molecule is CC(C)(CNC(=O)c1cscn1)c1ccc(Br)cc1. The second kappa shape index (κ2) is 5.84. The summed E-state index contributed by atoms with van der Waals surface area (Å²) in [6.07, 6.45) is 0. The van der Waals surface area contributed by atoms with Crippen LogP contribution in [0.1, 0.15) is 29.9 Å². The van der Waals surface area contributed by atoms with Gasteiger partial charge in [0.05, 0.1) is 5.51 Å². The maximum atomic E-state index is 11.9. The Labute approximate surface area is 125 Å². The Hall–Kier alpha value is -1.20. The number of amides is 1. The third-order valence-electron chi connectivity index (χ3n) is 2.98. The van der Waals surface area contributed by atoms with Crippen molar-refractivity contribution >= 4 is 33.2 Å². The second-order valence-corrected chi connectivity index (χ2v) is 6.58. The molecule has 100 valence electrons. The molecule has 0 aliphatic carbocycles. The molecule has 0 radical (unpaired) electrons. The zero-order chi connectivity index (χ0) is 13.9. The Kier molecular flexibility index (Phi) is 4.37. The summed E-state index contributed by atoms with van der Waals surface area (Å²) in [4.78, 5) is 15.9. The molecule has 19 heavy (non-hydrogen) atoms. The Balaban J connectivity index is 2.01. The van der Waals surface area contributed by atoms with Crippen molar-refractivity contribution in [2.45, 2.75) is 19.3 Å². The number of carbonyl (C=O) groups is 1. The summed E-state index contributed by atoms with van der Waals surface area (Å²) in [6.45, 7) is 4.79.